The SMILES string of the molecule is COC1(O)OC(=O)CCC(=O)OC1OCCOCCO. The minimum atomic E-state index is -2.51. The van der Waals surface area contributed by atoms with E-state index in [9.17, 15) is 14.7 Å². The molecule has 1 heterocycles. The van der Waals surface area contributed by atoms with Gasteiger partial charge in [0, 0.05) is 7.11 Å². The lowest BCUT2D eigenvalue weighted by molar-refractivity contribution is -0.415. The molecule has 2 unspecified atom stereocenters. The molecule has 9 heteroatoms. The van der Waals surface area contributed by atoms with E-state index in [4.69, 9.17) is 19.3 Å². The minimum absolute atomic E-state index is 0.0683. The number of cyclic esters (lactones) is 2. The van der Waals surface area contributed by atoms with Crippen LogP contribution in [0.25, 0.3) is 0 Å². The Morgan fingerprint density at radius 1 is 1.25 bits per heavy atom. The van der Waals surface area contributed by atoms with Crippen LogP contribution in [0.4, 0.5) is 0 Å². The highest BCUT2D eigenvalue weighted by atomic mass is 16.9. The van der Waals surface area contributed by atoms with Gasteiger partial charge in [-0.25, -0.2) is 0 Å². The van der Waals surface area contributed by atoms with Crippen molar-refractivity contribution in [2.24, 2.45) is 0 Å². The van der Waals surface area contributed by atoms with Crippen LogP contribution in [0.2, 0.25) is 0 Å². The third-order valence-corrected chi connectivity index (χ3v) is 2.35. The first-order chi connectivity index (χ1) is 9.51. The van der Waals surface area contributed by atoms with E-state index in [-0.39, 0.29) is 39.3 Å². The summed E-state index contributed by atoms with van der Waals surface area (Å²) in [5, 5.41) is 18.5. The van der Waals surface area contributed by atoms with Crippen LogP contribution in [-0.4, -0.2) is 68.0 Å². The Hall–Kier alpha value is -1.26. The van der Waals surface area contributed by atoms with Crippen LogP contribution in [0.15, 0.2) is 0 Å². The minimum Gasteiger partial charge on any atom is -0.425 e. The van der Waals surface area contributed by atoms with E-state index in [0.29, 0.717) is 0 Å². The van der Waals surface area contributed by atoms with Gasteiger partial charge in [0.2, 0.25) is 0 Å². The fourth-order valence-corrected chi connectivity index (χ4v) is 1.38. The molecule has 1 aliphatic rings. The Bertz CT molecular complexity index is 332. The molecule has 2 atom stereocenters. The Balaban J connectivity index is 2.60. The lowest BCUT2D eigenvalue weighted by Gasteiger charge is -2.33. The zero-order valence-electron chi connectivity index (χ0n) is 11.1. The third kappa shape index (κ3) is 5.02. The van der Waals surface area contributed by atoms with E-state index in [1.165, 1.54) is 0 Å². The smallest absolute Gasteiger partial charge is 0.393 e. The van der Waals surface area contributed by atoms with Crippen LogP contribution < -0.4 is 0 Å². The molecule has 0 amide bonds. The molecule has 0 bridgehead atoms. The summed E-state index contributed by atoms with van der Waals surface area (Å²) in [6.07, 6.45) is -2.03. The molecule has 9 nitrogen and oxygen atoms in total. The van der Waals surface area contributed by atoms with E-state index >= 15 is 0 Å². The molecular formula is C11H18O9. The highest BCUT2D eigenvalue weighted by molar-refractivity contribution is 5.78. The Kier molecular flexibility index (Phi) is 6.82. The largest absolute Gasteiger partial charge is 0.425 e. The van der Waals surface area contributed by atoms with Crippen LogP contribution in [0.1, 0.15) is 12.8 Å². The van der Waals surface area contributed by atoms with Crippen molar-refractivity contribution < 1.29 is 43.5 Å². The summed E-state index contributed by atoms with van der Waals surface area (Å²) in [5.74, 6) is -4.04. The number of methoxy groups -OCH3 is 1. The molecule has 0 spiro atoms. The number of hydrogen-bond acceptors (Lipinski definition) is 9. The lowest BCUT2D eigenvalue weighted by atomic mass is 10.3. The number of rotatable bonds is 7. The molecule has 0 aliphatic carbocycles. The summed E-state index contributed by atoms with van der Waals surface area (Å²) in [6, 6.07) is 0. The predicted molar refractivity (Wildman–Crippen MR) is 61.0 cm³/mol. The monoisotopic (exact) mass is 294 g/mol. The maximum Gasteiger partial charge on any atom is 0.393 e. The number of esters is 2. The van der Waals surface area contributed by atoms with Crippen molar-refractivity contribution in [3.63, 3.8) is 0 Å². The number of hydrogen-bond donors (Lipinski definition) is 2. The lowest BCUT2D eigenvalue weighted by Crippen LogP contribution is -2.53. The van der Waals surface area contributed by atoms with Crippen molar-refractivity contribution in [3.05, 3.63) is 0 Å². The average molecular weight is 294 g/mol. The van der Waals surface area contributed by atoms with Crippen molar-refractivity contribution >= 4 is 11.9 Å². The van der Waals surface area contributed by atoms with Gasteiger partial charge in [0.1, 0.15) is 0 Å². The van der Waals surface area contributed by atoms with Crippen molar-refractivity contribution in [1.29, 1.82) is 0 Å². The summed E-state index contributed by atoms with van der Waals surface area (Å²) < 4.78 is 24.2. The fourth-order valence-electron chi connectivity index (χ4n) is 1.38. The second-order valence-corrected chi connectivity index (χ2v) is 3.84. The van der Waals surface area contributed by atoms with Crippen LogP contribution >= 0.6 is 0 Å². The topological polar surface area (TPSA) is 121 Å². The van der Waals surface area contributed by atoms with Crippen molar-refractivity contribution in [2.45, 2.75) is 25.1 Å². The maximum absolute atomic E-state index is 11.4. The Morgan fingerprint density at radius 2 is 1.95 bits per heavy atom. The van der Waals surface area contributed by atoms with Gasteiger partial charge in [0.25, 0.3) is 6.29 Å². The first-order valence-electron chi connectivity index (χ1n) is 6.01. The predicted octanol–water partition coefficient (Wildman–Crippen LogP) is -1.49. The second kappa shape index (κ2) is 8.12. The molecule has 0 aromatic carbocycles. The molecular weight excluding hydrogens is 276 g/mol. The van der Waals surface area contributed by atoms with Crippen molar-refractivity contribution in [2.75, 3.05) is 33.5 Å². The molecule has 20 heavy (non-hydrogen) atoms. The highest BCUT2D eigenvalue weighted by Crippen LogP contribution is 2.22. The maximum atomic E-state index is 11.4. The van der Waals surface area contributed by atoms with Gasteiger partial charge in [0.05, 0.1) is 39.3 Å². The molecule has 0 aromatic rings. The van der Waals surface area contributed by atoms with Gasteiger partial charge < -0.3 is 33.9 Å². The molecule has 0 radical (unpaired) electrons. The standard InChI is InChI=1S/C11H18O9/c1-16-11(15)10(18-7-6-17-5-4-12)19-8(13)2-3-9(14)20-11/h10,12,15H,2-7H2,1H3. The van der Waals surface area contributed by atoms with Crippen LogP contribution in [0.3, 0.4) is 0 Å². The third-order valence-electron chi connectivity index (χ3n) is 2.35. The Labute approximate surface area is 115 Å². The summed E-state index contributed by atoms with van der Waals surface area (Å²) in [6.45, 7) is -0.00109. The highest BCUT2D eigenvalue weighted by Gasteiger charge is 2.47. The molecule has 116 valence electrons. The molecule has 0 aromatic heterocycles. The average Bonchev–Trinajstić information content (AvgIpc) is 2.42. The molecule has 0 saturated carbocycles. The van der Waals surface area contributed by atoms with E-state index in [0.717, 1.165) is 7.11 Å². The summed E-state index contributed by atoms with van der Waals surface area (Å²) in [5.41, 5.74) is 0. The molecule has 2 N–H and O–H groups in total. The summed E-state index contributed by atoms with van der Waals surface area (Å²) in [7, 11) is 1.07. The summed E-state index contributed by atoms with van der Waals surface area (Å²) >= 11 is 0. The number of aliphatic hydroxyl groups excluding tert-OH is 1. The van der Waals surface area contributed by atoms with Crippen molar-refractivity contribution in [1.82, 2.24) is 0 Å². The van der Waals surface area contributed by atoms with Gasteiger partial charge in [-0.05, 0) is 0 Å². The van der Waals surface area contributed by atoms with Gasteiger partial charge in [-0.1, -0.05) is 0 Å². The van der Waals surface area contributed by atoms with E-state index < -0.39 is 24.2 Å². The molecule has 1 fully saturated rings. The number of ether oxygens (including phenoxy) is 5. The molecule has 1 saturated heterocycles. The van der Waals surface area contributed by atoms with E-state index in [2.05, 4.69) is 9.47 Å². The van der Waals surface area contributed by atoms with Gasteiger partial charge >= 0.3 is 17.9 Å². The molecule has 1 aliphatic heterocycles. The second-order valence-electron chi connectivity index (χ2n) is 3.84. The zero-order chi connectivity index (χ0) is 15.0. The number of carbonyl (C=O) groups is 2. The fraction of sp³-hybridized carbons (Fsp3) is 0.818. The number of carbonyl (C=O) groups excluding carboxylic acids is 2. The number of aliphatic hydroxyl groups is 2. The van der Waals surface area contributed by atoms with Gasteiger partial charge in [-0.3, -0.25) is 9.59 Å². The van der Waals surface area contributed by atoms with Gasteiger partial charge in [0.15, 0.2) is 0 Å². The quantitative estimate of drug-likeness (QED) is 0.328. The Morgan fingerprint density at radius 3 is 2.60 bits per heavy atom. The molecule has 1 rings (SSSR count). The zero-order valence-corrected chi connectivity index (χ0v) is 11.1. The first-order valence-corrected chi connectivity index (χ1v) is 6.01. The van der Waals surface area contributed by atoms with Crippen LogP contribution in [-0.2, 0) is 33.3 Å². The normalized spacial score (nSPS) is 27.4. The van der Waals surface area contributed by atoms with E-state index in [1.807, 2.05) is 0 Å². The van der Waals surface area contributed by atoms with Crippen LogP contribution in [0, 0.1) is 0 Å². The van der Waals surface area contributed by atoms with Gasteiger partial charge in [-0.2, -0.15) is 0 Å². The van der Waals surface area contributed by atoms with Crippen LogP contribution in [0.5, 0.6) is 0 Å². The summed E-state index contributed by atoms with van der Waals surface area (Å²) in [4.78, 5) is 22.7. The van der Waals surface area contributed by atoms with Crippen molar-refractivity contribution in [3.8, 4) is 0 Å². The van der Waals surface area contributed by atoms with E-state index in [1.54, 1.807) is 0 Å². The van der Waals surface area contributed by atoms with Gasteiger partial charge in [-0.15, -0.1) is 0 Å². The first kappa shape index (κ1) is 16.8.